The Hall–Kier alpha value is -4.04. The highest BCUT2D eigenvalue weighted by atomic mass is 16.5. The van der Waals surface area contributed by atoms with Crippen molar-refractivity contribution in [2.75, 3.05) is 6.61 Å². The minimum Gasteiger partial charge on any atom is -0.494 e. The maximum atomic E-state index is 11.9. The van der Waals surface area contributed by atoms with Gasteiger partial charge in [0.25, 0.3) is 0 Å². The standard InChI is InChI=1S/C32H35NO4/c1-2-3-4-5-6-7-8-9-23-35-29-18-12-27(13-19-29)28-14-20-30(21-15-28)36-24-22-32(34)37-31-16-10-26(25-33)11-17-31/h10-22,24H,2-9,23H2,1H3/b24-22+. The van der Waals surface area contributed by atoms with Gasteiger partial charge in [-0.05, 0) is 66.1 Å². The molecule has 0 saturated carbocycles. The molecular weight excluding hydrogens is 462 g/mol. The van der Waals surface area contributed by atoms with E-state index < -0.39 is 5.97 Å². The van der Waals surface area contributed by atoms with Crippen molar-refractivity contribution in [1.82, 2.24) is 0 Å². The zero-order chi connectivity index (χ0) is 26.1. The van der Waals surface area contributed by atoms with Gasteiger partial charge in [0.05, 0.1) is 30.6 Å². The Morgan fingerprint density at radius 1 is 0.730 bits per heavy atom. The normalized spacial score (nSPS) is 10.7. The van der Waals surface area contributed by atoms with E-state index in [2.05, 4.69) is 19.1 Å². The summed E-state index contributed by atoms with van der Waals surface area (Å²) in [5.41, 5.74) is 2.65. The number of unbranched alkanes of at least 4 members (excludes halogenated alkanes) is 7. The number of nitriles is 1. The van der Waals surface area contributed by atoms with E-state index in [-0.39, 0.29) is 0 Å². The van der Waals surface area contributed by atoms with Crippen molar-refractivity contribution >= 4 is 5.97 Å². The second-order valence-corrected chi connectivity index (χ2v) is 8.85. The average molecular weight is 498 g/mol. The molecule has 192 valence electrons. The van der Waals surface area contributed by atoms with Crippen molar-refractivity contribution in [2.45, 2.75) is 58.3 Å². The van der Waals surface area contributed by atoms with Gasteiger partial charge in [0.1, 0.15) is 17.2 Å². The smallest absolute Gasteiger partial charge is 0.339 e. The molecule has 37 heavy (non-hydrogen) atoms. The van der Waals surface area contributed by atoms with Crippen molar-refractivity contribution in [2.24, 2.45) is 0 Å². The fourth-order valence-corrected chi connectivity index (χ4v) is 3.81. The highest BCUT2D eigenvalue weighted by molar-refractivity contribution is 5.83. The van der Waals surface area contributed by atoms with Crippen LogP contribution in [0.1, 0.15) is 63.9 Å². The Kier molecular flexibility index (Phi) is 11.8. The van der Waals surface area contributed by atoms with Crippen LogP contribution in [0.25, 0.3) is 11.1 Å². The lowest BCUT2D eigenvalue weighted by molar-refractivity contribution is -0.129. The fourth-order valence-electron chi connectivity index (χ4n) is 3.81. The van der Waals surface area contributed by atoms with Gasteiger partial charge in [0.15, 0.2) is 0 Å². The predicted molar refractivity (Wildman–Crippen MR) is 147 cm³/mol. The molecule has 0 amide bonds. The number of nitrogens with zero attached hydrogens (tertiary/aromatic N) is 1. The second kappa shape index (κ2) is 15.9. The molecule has 5 nitrogen and oxygen atoms in total. The molecule has 0 aliphatic carbocycles. The van der Waals surface area contributed by atoms with Crippen molar-refractivity contribution in [1.29, 1.82) is 5.26 Å². The number of ether oxygens (including phenoxy) is 3. The van der Waals surface area contributed by atoms with E-state index >= 15 is 0 Å². The molecule has 3 rings (SSSR count). The van der Waals surface area contributed by atoms with Crippen LogP contribution in [0.15, 0.2) is 85.1 Å². The molecule has 0 N–H and O–H groups in total. The molecule has 0 saturated heterocycles. The highest BCUT2D eigenvalue weighted by Gasteiger charge is 2.03. The zero-order valence-electron chi connectivity index (χ0n) is 21.5. The van der Waals surface area contributed by atoms with Crippen LogP contribution in [0, 0.1) is 11.3 Å². The van der Waals surface area contributed by atoms with Crippen molar-refractivity contribution in [3.05, 3.63) is 90.7 Å². The molecule has 0 aliphatic rings. The molecule has 0 bridgehead atoms. The van der Waals surface area contributed by atoms with Gasteiger partial charge in [-0.1, -0.05) is 76.1 Å². The predicted octanol–water partition coefficient (Wildman–Crippen LogP) is 8.24. The SMILES string of the molecule is CCCCCCCCCCOc1ccc(-c2ccc(O/C=C/C(=O)Oc3ccc(C#N)cc3)cc2)cc1. The summed E-state index contributed by atoms with van der Waals surface area (Å²) in [5, 5.41) is 8.81. The van der Waals surface area contributed by atoms with Gasteiger partial charge in [-0.25, -0.2) is 4.79 Å². The molecule has 0 heterocycles. The number of carbonyl (C=O) groups is 1. The van der Waals surface area contributed by atoms with E-state index in [9.17, 15) is 4.79 Å². The zero-order valence-corrected chi connectivity index (χ0v) is 21.5. The van der Waals surface area contributed by atoms with Crippen LogP contribution in [0.3, 0.4) is 0 Å². The molecule has 0 aromatic heterocycles. The van der Waals surface area contributed by atoms with Crippen LogP contribution < -0.4 is 14.2 Å². The highest BCUT2D eigenvalue weighted by Crippen LogP contribution is 2.25. The van der Waals surface area contributed by atoms with Gasteiger partial charge in [-0.2, -0.15) is 5.26 Å². The number of carbonyl (C=O) groups excluding carboxylic acids is 1. The maximum absolute atomic E-state index is 11.9. The Morgan fingerprint density at radius 2 is 1.27 bits per heavy atom. The molecule has 0 radical (unpaired) electrons. The Labute approximate surface area is 220 Å². The quantitative estimate of drug-likeness (QED) is 0.0695. The van der Waals surface area contributed by atoms with Gasteiger partial charge in [0, 0.05) is 0 Å². The third kappa shape index (κ3) is 10.2. The van der Waals surface area contributed by atoms with Gasteiger partial charge in [0.2, 0.25) is 0 Å². The lowest BCUT2D eigenvalue weighted by Gasteiger charge is -2.08. The first-order chi connectivity index (χ1) is 18.2. The van der Waals surface area contributed by atoms with Gasteiger partial charge in [-0.15, -0.1) is 0 Å². The van der Waals surface area contributed by atoms with Crippen molar-refractivity contribution < 1.29 is 19.0 Å². The number of hydrogen-bond donors (Lipinski definition) is 0. The third-order valence-corrected chi connectivity index (χ3v) is 5.92. The van der Waals surface area contributed by atoms with Crippen LogP contribution in [0.4, 0.5) is 0 Å². The summed E-state index contributed by atoms with van der Waals surface area (Å²) in [6, 6.07) is 24.1. The van der Waals surface area contributed by atoms with Crippen LogP contribution >= 0.6 is 0 Å². The molecule has 3 aromatic carbocycles. The first-order valence-electron chi connectivity index (χ1n) is 13.1. The van der Waals surface area contributed by atoms with Crippen molar-refractivity contribution in [3.63, 3.8) is 0 Å². The summed E-state index contributed by atoms with van der Waals surface area (Å²) in [7, 11) is 0. The lowest BCUT2D eigenvalue weighted by atomic mass is 10.1. The van der Waals surface area contributed by atoms with Crippen LogP contribution in [0.2, 0.25) is 0 Å². The summed E-state index contributed by atoms with van der Waals surface area (Å²) < 4.78 is 16.6. The monoisotopic (exact) mass is 497 g/mol. The summed E-state index contributed by atoms with van der Waals surface area (Å²) in [6.07, 6.45) is 12.8. The van der Waals surface area contributed by atoms with Crippen LogP contribution in [0.5, 0.6) is 17.2 Å². The number of rotatable bonds is 15. The van der Waals surface area contributed by atoms with Crippen molar-refractivity contribution in [3.8, 4) is 34.4 Å². The fraction of sp³-hybridized carbons (Fsp3) is 0.312. The number of hydrogen-bond acceptors (Lipinski definition) is 5. The summed E-state index contributed by atoms with van der Waals surface area (Å²) >= 11 is 0. The number of benzene rings is 3. The maximum Gasteiger partial charge on any atom is 0.339 e. The average Bonchev–Trinajstić information content (AvgIpc) is 2.93. The van der Waals surface area contributed by atoms with Gasteiger partial charge in [-0.3, -0.25) is 0 Å². The summed E-state index contributed by atoms with van der Waals surface area (Å²) in [6.45, 7) is 3.01. The van der Waals surface area contributed by atoms with E-state index in [1.165, 1.54) is 57.3 Å². The third-order valence-electron chi connectivity index (χ3n) is 5.92. The molecule has 0 atom stereocenters. The first kappa shape index (κ1) is 27.5. The first-order valence-corrected chi connectivity index (χ1v) is 13.1. The summed E-state index contributed by atoms with van der Waals surface area (Å²) in [5.74, 6) is 1.30. The minimum absolute atomic E-state index is 0.364. The Morgan fingerprint density at radius 3 is 1.86 bits per heavy atom. The van der Waals surface area contributed by atoms with E-state index in [1.54, 1.807) is 24.3 Å². The van der Waals surface area contributed by atoms with E-state index in [0.29, 0.717) is 17.1 Å². The van der Waals surface area contributed by atoms with Gasteiger partial charge < -0.3 is 14.2 Å². The Balaban J connectivity index is 1.37. The molecule has 0 unspecified atom stereocenters. The topological polar surface area (TPSA) is 68.6 Å². The molecular formula is C32H35NO4. The van der Waals surface area contributed by atoms with E-state index in [4.69, 9.17) is 19.5 Å². The van der Waals surface area contributed by atoms with E-state index in [0.717, 1.165) is 29.9 Å². The van der Waals surface area contributed by atoms with Crippen LogP contribution in [-0.4, -0.2) is 12.6 Å². The van der Waals surface area contributed by atoms with Crippen LogP contribution in [-0.2, 0) is 4.79 Å². The molecule has 3 aromatic rings. The largest absolute Gasteiger partial charge is 0.494 e. The van der Waals surface area contributed by atoms with Gasteiger partial charge >= 0.3 is 5.97 Å². The molecule has 5 heteroatoms. The van der Waals surface area contributed by atoms with E-state index in [1.807, 2.05) is 42.5 Å². The second-order valence-electron chi connectivity index (χ2n) is 8.85. The minimum atomic E-state index is -0.564. The number of esters is 1. The lowest BCUT2D eigenvalue weighted by Crippen LogP contribution is -2.04. The molecule has 0 aliphatic heterocycles. The molecule has 0 fully saturated rings. The summed E-state index contributed by atoms with van der Waals surface area (Å²) in [4.78, 5) is 11.9. The molecule has 0 spiro atoms. The Bertz CT molecular complexity index is 1140.